The van der Waals surface area contributed by atoms with Crippen LogP contribution in [-0.2, 0) is 16.6 Å². The van der Waals surface area contributed by atoms with Crippen molar-refractivity contribution in [2.24, 2.45) is 7.05 Å². The van der Waals surface area contributed by atoms with E-state index in [1.807, 2.05) is 42.9 Å². The van der Waals surface area contributed by atoms with Gasteiger partial charge < -0.3 is 14.9 Å². The number of rotatable bonds is 2. The second kappa shape index (κ2) is 8.79. The summed E-state index contributed by atoms with van der Waals surface area (Å²) in [4.78, 5) is 30.4. The van der Waals surface area contributed by atoms with Crippen LogP contribution in [0.5, 0.6) is 0 Å². The zero-order valence-corrected chi connectivity index (χ0v) is 18.1. The van der Waals surface area contributed by atoms with Crippen LogP contribution in [0.15, 0.2) is 30.6 Å². The van der Waals surface area contributed by atoms with Crippen molar-refractivity contribution in [2.45, 2.75) is 43.8 Å². The molecule has 8 nitrogen and oxygen atoms in total. The number of aryl methyl sites for hydroxylation is 2. The lowest BCUT2D eigenvalue weighted by Gasteiger charge is -2.46. The van der Waals surface area contributed by atoms with Crippen LogP contribution in [0.2, 0.25) is 0 Å². The molecular formula is C21H26F3N5O3. The number of likely N-dealkylation sites (tertiary alicyclic amines) is 1. The summed E-state index contributed by atoms with van der Waals surface area (Å²) in [5.74, 6) is -1.24. The number of carboxylic acids is 1. The van der Waals surface area contributed by atoms with Crippen molar-refractivity contribution in [2.75, 3.05) is 25.0 Å². The molecule has 2 aliphatic heterocycles. The summed E-state index contributed by atoms with van der Waals surface area (Å²) in [5, 5.41) is 11.5. The van der Waals surface area contributed by atoms with E-state index in [1.54, 1.807) is 0 Å². The summed E-state index contributed by atoms with van der Waals surface area (Å²) >= 11 is 0. The van der Waals surface area contributed by atoms with Gasteiger partial charge in [-0.15, -0.1) is 0 Å². The molecule has 2 aromatic heterocycles. The van der Waals surface area contributed by atoms with Crippen molar-refractivity contribution >= 4 is 17.7 Å². The van der Waals surface area contributed by atoms with Crippen molar-refractivity contribution in [3.63, 3.8) is 0 Å². The molecule has 1 amide bonds. The summed E-state index contributed by atoms with van der Waals surface area (Å²) in [6.45, 7) is 3.87. The van der Waals surface area contributed by atoms with E-state index in [0.29, 0.717) is 6.42 Å². The molecule has 0 bridgehead atoms. The van der Waals surface area contributed by atoms with Crippen molar-refractivity contribution in [3.05, 3.63) is 41.9 Å². The molecule has 1 atom stereocenters. The van der Waals surface area contributed by atoms with E-state index in [4.69, 9.17) is 9.90 Å². The maximum atomic E-state index is 12.5. The van der Waals surface area contributed by atoms with Gasteiger partial charge in [-0.2, -0.15) is 18.3 Å². The number of carbonyl (C=O) groups excluding carboxylic acids is 1. The molecule has 0 aromatic carbocycles. The molecule has 0 radical (unpaired) electrons. The third-order valence-corrected chi connectivity index (χ3v) is 6.27. The zero-order valence-electron chi connectivity index (χ0n) is 18.1. The molecule has 2 aliphatic rings. The van der Waals surface area contributed by atoms with E-state index in [-0.39, 0.29) is 17.4 Å². The largest absolute Gasteiger partial charge is 0.490 e. The number of aliphatic carboxylic acids is 1. The first-order valence-electron chi connectivity index (χ1n) is 10.2. The van der Waals surface area contributed by atoms with Crippen LogP contribution in [0.25, 0.3) is 0 Å². The number of carbonyl (C=O) groups is 2. The predicted octanol–water partition coefficient (Wildman–Crippen LogP) is 2.74. The Morgan fingerprint density at radius 3 is 2.34 bits per heavy atom. The molecule has 4 rings (SSSR count). The van der Waals surface area contributed by atoms with Crippen LogP contribution in [0.1, 0.15) is 36.4 Å². The van der Waals surface area contributed by atoms with Crippen LogP contribution in [0.4, 0.5) is 19.0 Å². The highest BCUT2D eigenvalue weighted by Gasteiger charge is 2.53. The molecule has 32 heavy (non-hydrogen) atoms. The van der Waals surface area contributed by atoms with Crippen LogP contribution < -0.4 is 4.90 Å². The lowest BCUT2D eigenvalue weighted by molar-refractivity contribution is -0.192. The topological polar surface area (TPSA) is 91.6 Å². The van der Waals surface area contributed by atoms with E-state index in [2.05, 4.69) is 33.3 Å². The molecule has 4 heterocycles. The van der Waals surface area contributed by atoms with Gasteiger partial charge >= 0.3 is 12.1 Å². The van der Waals surface area contributed by atoms with Crippen molar-refractivity contribution in [1.29, 1.82) is 0 Å². The Balaban J connectivity index is 0.000000360. The Hall–Kier alpha value is -3.11. The zero-order chi connectivity index (χ0) is 23.7. The molecule has 0 saturated carbocycles. The summed E-state index contributed by atoms with van der Waals surface area (Å²) < 4.78 is 33.6. The highest BCUT2D eigenvalue weighted by molar-refractivity contribution is 5.81. The first kappa shape index (κ1) is 23.6. The maximum Gasteiger partial charge on any atom is 0.490 e. The van der Waals surface area contributed by atoms with Crippen molar-refractivity contribution in [1.82, 2.24) is 19.7 Å². The van der Waals surface area contributed by atoms with Gasteiger partial charge in [0.25, 0.3) is 0 Å². The second-order valence-electron chi connectivity index (χ2n) is 8.19. The number of halogens is 3. The summed E-state index contributed by atoms with van der Waals surface area (Å²) in [6, 6.07) is 6.16. The van der Waals surface area contributed by atoms with E-state index in [0.717, 1.165) is 37.4 Å². The number of alkyl halides is 3. The molecular weight excluding hydrogens is 427 g/mol. The van der Waals surface area contributed by atoms with Gasteiger partial charge in [-0.25, -0.2) is 9.78 Å². The summed E-state index contributed by atoms with van der Waals surface area (Å²) in [7, 11) is 3.90. The predicted molar refractivity (Wildman–Crippen MR) is 110 cm³/mol. The number of likely N-dealkylation sites (N-methyl/N-ethyl adjacent to an activating group) is 1. The minimum absolute atomic E-state index is 0.0968. The van der Waals surface area contributed by atoms with Crippen LogP contribution >= 0.6 is 0 Å². The Kier molecular flexibility index (Phi) is 6.47. The number of nitrogens with zero attached hydrogens (tertiary/aromatic N) is 5. The second-order valence-corrected chi connectivity index (χ2v) is 8.19. The van der Waals surface area contributed by atoms with Crippen LogP contribution in [-0.4, -0.2) is 68.5 Å². The first-order chi connectivity index (χ1) is 14.9. The molecule has 2 aromatic rings. The number of aromatic nitrogens is 3. The Labute approximate surface area is 183 Å². The standard InChI is InChI=1S/C19H25N5O.C2HF3O2/c1-14-5-4-6-17(21-14)24-9-7-19(8-10-24)16(11-18(25)23(19)3)15-12-20-22(2)13-15;3-2(4,5)1(6)7/h4-6,12-13,16H,7-11H2,1-3H3;(H,6,7). The fraction of sp³-hybridized carbons (Fsp3) is 0.524. The van der Waals surface area contributed by atoms with Gasteiger partial charge in [0, 0.05) is 51.4 Å². The average Bonchev–Trinajstić information content (AvgIpc) is 3.25. The number of piperidine rings is 1. The Morgan fingerprint density at radius 2 is 1.84 bits per heavy atom. The number of hydrogen-bond acceptors (Lipinski definition) is 5. The van der Waals surface area contributed by atoms with E-state index in [1.165, 1.54) is 5.56 Å². The molecule has 2 fully saturated rings. The molecule has 11 heteroatoms. The SMILES string of the molecule is Cc1cccc(N2CCC3(CC2)C(c2cnn(C)c2)CC(=O)N3C)n1.O=C(O)C(F)(F)F. The lowest BCUT2D eigenvalue weighted by Crippen LogP contribution is -2.54. The van der Waals surface area contributed by atoms with Gasteiger partial charge in [0.05, 0.1) is 11.7 Å². The number of pyridine rings is 1. The highest BCUT2D eigenvalue weighted by atomic mass is 19.4. The summed E-state index contributed by atoms with van der Waals surface area (Å²) in [5.41, 5.74) is 2.13. The molecule has 174 valence electrons. The van der Waals surface area contributed by atoms with E-state index >= 15 is 0 Å². The monoisotopic (exact) mass is 453 g/mol. The quantitative estimate of drug-likeness (QED) is 0.752. The fourth-order valence-electron chi connectivity index (χ4n) is 4.54. The number of hydrogen-bond donors (Lipinski definition) is 1. The lowest BCUT2D eigenvalue weighted by atomic mass is 9.74. The van der Waals surface area contributed by atoms with Crippen LogP contribution in [0.3, 0.4) is 0 Å². The van der Waals surface area contributed by atoms with Crippen molar-refractivity contribution < 1.29 is 27.9 Å². The minimum atomic E-state index is -5.08. The van der Waals surface area contributed by atoms with Gasteiger partial charge in [0.15, 0.2) is 0 Å². The fourth-order valence-corrected chi connectivity index (χ4v) is 4.54. The third-order valence-electron chi connectivity index (χ3n) is 6.27. The third kappa shape index (κ3) is 4.71. The summed E-state index contributed by atoms with van der Waals surface area (Å²) in [6.07, 6.45) is 1.42. The number of carboxylic acid groups (broad SMARTS) is 1. The Morgan fingerprint density at radius 1 is 1.22 bits per heavy atom. The normalized spacial score (nSPS) is 20.3. The minimum Gasteiger partial charge on any atom is -0.475 e. The molecule has 1 unspecified atom stereocenters. The van der Waals surface area contributed by atoms with Gasteiger partial charge in [-0.1, -0.05) is 6.07 Å². The molecule has 0 aliphatic carbocycles. The van der Waals surface area contributed by atoms with Gasteiger partial charge in [0.2, 0.25) is 5.91 Å². The first-order valence-corrected chi connectivity index (χ1v) is 10.2. The molecule has 2 saturated heterocycles. The van der Waals surface area contributed by atoms with Gasteiger partial charge in [-0.3, -0.25) is 9.48 Å². The number of amides is 1. The van der Waals surface area contributed by atoms with Gasteiger partial charge in [-0.05, 0) is 37.5 Å². The molecule has 1 N–H and O–H groups in total. The highest BCUT2D eigenvalue weighted by Crippen LogP contribution is 2.48. The average molecular weight is 453 g/mol. The van der Waals surface area contributed by atoms with E-state index < -0.39 is 12.1 Å². The van der Waals surface area contributed by atoms with Crippen molar-refractivity contribution in [3.8, 4) is 0 Å². The molecule has 1 spiro atoms. The number of anilines is 1. The van der Waals surface area contributed by atoms with Crippen LogP contribution in [0, 0.1) is 6.92 Å². The van der Waals surface area contributed by atoms with Gasteiger partial charge in [0.1, 0.15) is 5.82 Å². The Bertz CT molecular complexity index is 983. The smallest absolute Gasteiger partial charge is 0.475 e. The maximum absolute atomic E-state index is 12.5. The van der Waals surface area contributed by atoms with E-state index in [9.17, 15) is 18.0 Å².